The average Bonchev–Trinajstić information content (AvgIpc) is 2.53. The third-order valence-corrected chi connectivity index (χ3v) is 4.17. The lowest BCUT2D eigenvalue weighted by atomic mass is 10.1. The third-order valence-electron chi connectivity index (χ3n) is 3.73. The van der Waals surface area contributed by atoms with Crippen molar-refractivity contribution >= 4 is 17.5 Å². The first-order valence-corrected chi connectivity index (χ1v) is 7.33. The maximum atomic E-state index is 12.5. The van der Waals surface area contributed by atoms with Crippen molar-refractivity contribution in [3.63, 3.8) is 0 Å². The molecule has 0 bridgehead atoms. The molecule has 5 nitrogen and oxygen atoms in total. The lowest BCUT2D eigenvalue weighted by Gasteiger charge is -2.33. The molecule has 116 valence electrons. The van der Waals surface area contributed by atoms with Crippen LogP contribution in [-0.2, 0) is 4.79 Å². The van der Waals surface area contributed by atoms with E-state index < -0.39 is 5.38 Å². The van der Waals surface area contributed by atoms with Crippen molar-refractivity contribution in [3.8, 4) is 11.5 Å². The molecule has 1 aromatic carbocycles. The topological polar surface area (TPSA) is 42.0 Å². The molecule has 0 N–H and O–H groups in total. The molecule has 1 atom stereocenters. The van der Waals surface area contributed by atoms with Gasteiger partial charge in [0, 0.05) is 26.2 Å². The summed E-state index contributed by atoms with van der Waals surface area (Å²) >= 11 is 6.35. The Morgan fingerprint density at radius 2 is 1.76 bits per heavy atom. The zero-order valence-corrected chi connectivity index (χ0v) is 13.4. The molecular weight excluding hydrogens is 292 g/mol. The highest BCUT2D eigenvalue weighted by Gasteiger charge is 2.27. The predicted octanol–water partition coefficient (Wildman–Crippen LogP) is 1.76. The fourth-order valence-corrected chi connectivity index (χ4v) is 2.61. The van der Waals surface area contributed by atoms with Gasteiger partial charge in [-0.1, -0.05) is 6.07 Å². The number of benzene rings is 1. The second-order valence-corrected chi connectivity index (χ2v) is 5.54. The summed E-state index contributed by atoms with van der Waals surface area (Å²) < 4.78 is 10.4. The molecule has 1 fully saturated rings. The number of halogens is 1. The van der Waals surface area contributed by atoms with Crippen LogP contribution in [0.4, 0.5) is 0 Å². The van der Waals surface area contributed by atoms with E-state index in [0.717, 1.165) is 18.7 Å². The minimum Gasteiger partial charge on any atom is -0.493 e. The van der Waals surface area contributed by atoms with E-state index in [9.17, 15) is 4.79 Å². The summed E-state index contributed by atoms with van der Waals surface area (Å²) in [5.41, 5.74) is 0.721. The largest absolute Gasteiger partial charge is 0.493 e. The van der Waals surface area contributed by atoms with Crippen LogP contribution < -0.4 is 9.47 Å². The van der Waals surface area contributed by atoms with Crippen LogP contribution in [0, 0.1) is 0 Å². The van der Waals surface area contributed by atoms with Crippen LogP contribution in [0.2, 0.25) is 0 Å². The summed E-state index contributed by atoms with van der Waals surface area (Å²) in [6, 6.07) is 5.32. The van der Waals surface area contributed by atoms with Gasteiger partial charge in [-0.15, -0.1) is 11.6 Å². The normalized spacial score (nSPS) is 17.4. The fourth-order valence-electron chi connectivity index (χ4n) is 2.34. The second-order valence-electron chi connectivity index (χ2n) is 5.11. The monoisotopic (exact) mass is 312 g/mol. The van der Waals surface area contributed by atoms with E-state index >= 15 is 0 Å². The highest BCUT2D eigenvalue weighted by atomic mass is 35.5. The molecular formula is C15H21ClN2O3. The molecule has 1 aliphatic rings. The summed E-state index contributed by atoms with van der Waals surface area (Å²) in [5, 5.41) is -0.701. The maximum absolute atomic E-state index is 12.5. The molecule has 0 spiro atoms. The van der Waals surface area contributed by atoms with Crippen LogP contribution in [-0.4, -0.2) is 63.2 Å². The van der Waals surface area contributed by atoms with E-state index in [2.05, 4.69) is 4.90 Å². The number of amides is 1. The smallest absolute Gasteiger partial charge is 0.245 e. The summed E-state index contributed by atoms with van der Waals surface area (Å²) in [7, 11) is 5.19. The number of nitrogens with zero attached hydrogens (tertiary/aromatic N) is 2. The van der Waals surface area contributed by atoms with Crippen LogP contribution in [0.15, 0.2) is 18.2 Å². The Labute approximate surface area is 130 Å². The zero-order valence-electron chi connectivity index (χ0n) is 12.6. The molecule has 1 heterocycles. The number of carbonyl (C=O) groups is 1. The van der Waals surface area contributed by atoms with Crippen molar-refractivity contribution in [1.82, 2.24) is 9.80 Å². The number of methoxy groups -OCH3 is 2. The van der Waals surface area contributed by atoms with Crippen LogP contribution in [0.5, 0.6) is 11.5 Å². The lowest BCUT2D eigenvalue weighted by Crippen LogP contribution is -2.48. The number of likely N-dealkylation sites (N-methyl/N-ethyl adjacent to an activating group) is 1. The van der Waals surface area contributed by atoms with E-state index in [1.165, 1.54) is 0 Å². The summed E-state index contributed by atoms with van der Waals surface area (Å²) in [6.07, 6.45) is 0. The van der Waals surface area contributed by atoms with Gasteiger partial charge in [0.25, 0.3) is 0 Å². The minimum absolute atomic E-state index is 0.0583. The summed E-state index contributed by atoms with van der Waals surface area (Å²) in [4.78, 5) is 16.5. The molecule has 1 aliphatic heterocycles. The molecule has 6 heteroatoms. The lowest BCUT2D eigenvalue weighted by molar-refractivity contribution is -0.132. The molecule has 1 saturated heterocycles. The Bertz CT molecular complexity index is 502. The van der Waals surface area contributed by atoms with E-state index in [0.29, 0.717) is 24.6 Å². The van der Waals surface area contributed by atoms with Gasteiger partial charge in [0.05, 0.1) is 14.2 Å². The van der Waals surface area contributed by atoms with Gasteiger partial charge in [0.15, 0.2) is 11.5 Å². The molecule has 0 aromatic heterocycles. The van der Waals surface area contributed by atoms with Crippen molar-refractivity contribution in [2.45, 2.75) is 5.38 Å². The summed E-state index contributed by atoms with van der Waals surface area (Å²) in [5.74, 6) is 1.14. The first kappa shape index (κ1) is 15.9. The number of rotatable bonds is 4. The Balaban J connectivity index is 2.12. The first-order valence-electron chi connectivity index (χ1n) is 6.90. The highest BCUT2D eigenvalue weighted by Crippen LogP contribution is 2.33. The SMILES string of the molecule is COc1ccc(C(Cl)C(=O)N2CCN(C)CC2)cc1OC. The first-order chi connectivity index (χ1) is 10.1. The van der Waals surface area contributed by atoms with Gasteiger partial charge >= 0.3 is 0 Å². The van der Waals surface area contributed by atoms with Gasteiger partial charge in [-0.05, 0) is 24.7 Å². The van der Waals surface area contributed by atoms with E-state index in [-0.39, 0.29) is 5.91 Å². The number of carbonyl (C=O) groups excluding carboxylic acids is 1. The zero-order chi connectivity index (χ0) is 15.4. The Morgan fingerprint density at radius 3 is 2.33 bits per heavy atom. The summed E-state index contributed by atoms with van der Waals surface area (Å²) in [6.45, 7) is 3.18. The Hall–Kier alpha value is -1.46. The van der Waals surface area contributed by atoms with Crippen LogP contribution >= 0.6 is 11.6 Å². The average molecular weight is 313 g/mol. The number of ether oxygens (including phenoxy) is 2. The van der Waals surface area contributed by atoms with E-state index in [4.69, 9.17) is 21.1 Å². The molecule has 0 radical (unpaired) electrons. The molecule has 1 amide bonds. The van der Waals surface area contributed by atoms with Crippen molar-refractivity contribution in [3.05, 3.63) is 23.8 Å². The van der Waals surface area contributed by atoms with Crippen LogP contribution in [0.1, 0.15) is 10.9 Å². The number of hydrogen-bond donors (Lipinski definition) is 0. The standard InChI is InChI=1S/C15H21ClN2O3/c1-17-6-8-18(9-7-17)15(19)14(16)11-4-5-12(20-2)13(10-11)21-3/h4-5,10,14H,6-9H2,1-3H3. The van der Waals surface area contributed by atoms with E-state index in [1.54, 1.807) is 32.4 Å². The van der Waals surface area contributed by atoms with Crippen molar-refractivity contribution in [2.75, 3.05) is 47.4 Å². The maximum Gasteiger partial charge on any atom is 0.245 e. The quantitative estimate of drug-likeness (QED) is 0.795. The van der Waals surface area contributed by atoms with Gasteiger partial charge in [-0.3, -0.25) is 4.79 Å². The van der Waals surface area contributed by atoms with Crippen LogP contribution in [0.25, 0.3) is 0 Å². The van der Waals surface area contributed by atoms with Gasteiger partial charge < -0.3 is 19.3 Å². The number of piperazine rings is 1. The van der Waals surface area contributed by atoms with Crippen LogP contribution in [0.3, 0.4) is 0 Å². The Morgan fingerprint density at radius 1 is 1.14 bits per heavy atom. The number of alkyl halides is 1. The van der Waals surface area contributed by atoms with Gasteiger partial charge in [0.1, 0.15) is 5.38 Å². The van der Waals surface area contributed by atoms with E-state index in [1.807, 2.05) is 11.9 Å². The Kier molecular flexibility index (Phi) is 5.31. The minimum atomic E-state index is -0.701. The predicted molar refractivity (Wildman–Crippen MR) is 82.2 cm³/mol. The third kappa shape index (κ3) is 3.60. The molecule has 21 heavy (non-hydrogen) atoms. The molecule has 2 rings (SSSR count). The second kappa shape index (κ2) is 7.00. The molecule has 1 unspecified atom stereocenters. The number of hydrogen-bond acceptors (Lipinski definition) is 4. The molecule has 0 aliphatic carbocycles. The van der Waals surface area contributed by atoms with Crippen molar-refractivity contribution in [2.24, 2.45) is 0 Å². The highest BCUT2D eigenvalue weighted by molar-refractivity contribution is 6.30. The molecule has 0 saturated carbocycles. The van der Waals surface area contributed by atoms with Crippen molar-refractivity contribution in [1.29, 1.82) is 0 Å². The van der Waals surface area contributed by atoms with Gasteiger partial charge in [-0.25, -0.2) is 0 Å². The fraction of sp³-hybridized carbons (Fsp3) is 0.533. The van der Waals surface area contributed by atoms with Gasteiger partial charge in [-0.2, -0.15) is 0 Å². The molecule has 1 aromatic rings. The van der Waals surface area contributed by atoms with Crippen molar-refractivity contribution < 1.29 is 14.3 Å². The van der Waals surface area contributed by atoms with Gasteiger partial charge in [0.2, 0.25) is 5.91 Å².